The van der Waals surface area contributed by atoms with Gasteiger partial charge in [0.15, 0.2) is 0 Å². The molecule has 0 aliphatic rings. The molecule has 0 saturated carbocycles. The van der Waals surface area contributed by atoms with E-state index in [2.05, 4.69) is 165 Å². The van der Waals surface area contributed by atoms with Crippen LogP contribution in [-0.4, -0.2) is 8.07 Å². The third-order valence-corrected chi connectivity index (χ3v) is 16.2. The van der Waals surface area contributed by atoms with E-state index in [0.717, 1.165) is 0 Å². The summed E-state index contributed by atoms with van der Waals surface area (Å²) in [5, 5.41) is 8.70. The molecule has 44 heavy (non-hydrogen) atoms. The Morgan fingerprint density at radius 3 is 1.16 bits per heavy atom. The summed E-state index contributed by atoms with van der Waals surface area (Å²) in [7, 11) is -2.38. The van der Waals surface area contributed by atoms with Gasteiger partial charge in [0.05, 0.1) is 8.07 Å². The fourth-order valence-electron chi connectivity index (χ4n) is 7.90. The molecule has 0 nitrogen and oxygen atoms in total. The van der Waals surface area contributed by atoms with Gasteiger partial charge >= 0.3 is 25.8 Å². The van der Waals surface area contributed by atoms with Crippen molar-refractivity contribution in [1.82, 2.24) is 0 Å². The zero-order valence-corrected chi connectivity index (χ0v) is 33.0. The second-order valence-electron chi connectivity index (χ2n) is 14.1. The first-order valence-electron chi connectivity index (χ1n) is 14.9. The minimum atomic E-state index is -2.38. The van der Waals surface area contributed by atoms with E-state index in [1.54, 1.807) is 10.4 Å². The molecule has 0 aliphatic heterocycles. The van der Waals surface area contributed by atoms with E-state index in [9.17, 15) is 0 Å². The van der Waals surface area contributed by atoms with Gasteiger partial charge in [0, 0.05) is 0 Å². The average molecular weight is 759 g/mol. The number of rotatable bonds is 4. The molecule has 0 heterocycles. The molecule has 6 rings (SSSR count). The molecule has 0 aliphatic carbocycles. The maximum atomic E-state index is 2.56. The van der Waals surface area contributed by atoms with Gasteiger partial charge in [-0.05, 0) is 35.1 Å². The van der Waals surface area contributed by atoms with Gasteiger partial charge in [0.25, 0.3) is 0 Å². The fraction of sp³-hybridized carbons (Fsp3) is 0.238. The van der Waals surface area contributed by atoms with Gasteiger partial charge in [-0.3, -0.25) is 0 Å². The molecule has 2 heteroatoms. The first kappa shape index (κ1) is 35.7. The van der Waals surface area contributed by atoms with Crippen LogP contribution in [0.2, 0.25) is 10.1 Å². The number of hydrogen-bond acceptors (Lipinski definition) is 0. The molecular formula is C42H48HfSi. The van der Waals surface area contributed by atoms with Crippen LogP contribution in [-0.2, 0) is 25.8 Å². The Morgan fingerprint density at radius 1 is 0.500 bits per heavy atom. The molecule has 6 aromatic rings. The zero-order valence-electron chi connectivity index (χ0n) is 28.4. The predicted octanol–water partition coefficient (Wildman–Crippen LogP) is 11.4. The molecule has 0 saturated heterocycles. The third kappa shape index (κ3) is 5.81. The van der Waals surface area contributed by atoms with Gasteiger partial charge in [-0.1, -0.05) is 124 Å². The van der Waals surface area contributed by atoms with Crippen molar-refractivity contribution >= 4 is 40.0 Å². The summed E-state index contributed by atoms with van der Waals surface area (Å²) in [6, 6.07) is 41.8. The van der Waals surface area contributed by atoms with Crippen LogP contribution in [0.15, 0.2) is 109 Å². The average Bonchev–Trinajstić information content (AvgIpc) is 3.53. The normalized spacial score (nSPS) is 12.0. The quantitative estimate of drug-likeness (QED) is 0.124. The van der Waals surface area contributed by atoms with Crippen molar-refractivity contribution in [3.63, 3.8) is 0 Å². The van der Waals surface area contributed by atoms with E-state index in [1.807, 2.05) is 0 Å². The van der Waals surface area contributed by atoms with Gasteiger partial charge in [0.1, 0.15) is 0 Å². The van der Waals surface area contributed by atoms with Crippen LogP contribution >= 0.6 is 0 Å². The van der Waals surface area contributed by atoms with Crippen LogP contribution in [0.25, 0.3) is 43.8 Å². The van der Waals surface area contributed by atoms with E-state index in [4.69, 9.17) is 0 Å². The third-order valence-electron chi connectivity index (χ3n) is 9.34. The van der Waals surface area contributed by atoms with Crippen molar-refractivity contribution in [2.75, 3.05) is 0 Å². The Labute approximate surface area is 287 Å². The van der Waals surface area contributed by atoms with Gasteiger partial charge in [-0.25, -0.2) is 0 Å². The monoisotopic (exact) mass is 760 g/mol. The van der Waals surface area contributed by atoms with E-state index in [-0.39, 0.29) is 50.8 Å². The van der Waals surface area contributed by atoms with Crippen LogP contribution in [0.3, 0.4) is 0 Å². The Bertz CT molecular complexity index is 1710. The van der Waals surface area contributed by atoms with Crippen molar-refractivity contribution < 1.29 is 25.8 Å². The maximum Gasteiger partial charge on any atom is 4.00 e. The predicted molar refractivity (Wildman–Crippen MR) is 197 cm³/mol. The second-order valence-corrected chi connectivity index (χ2v) is 19.7. The molecule has 6 aromatic carbocycles. The van der Waals surface area contributed by atoms with Crippen molar-refractivity contribution in [2.24, 2.45) is 0 Å². The van der Waals surface area contributed by atoms with Crippen LogP contribution in [0, 0.1) is 28.7 Å². The molecule has 0 fully saturated rings. The largest absolute Gasteiger partial charge is 4.00 e. The Morgan fingerprint density at radius 2 is 0.841 bits per heavy atom. The van der Waals surface area contributed by atoms with E-state index >= 15 is 0 Å². The molecule has 224 valence electrons. The Kier molecular flexibility index (Phi) is 10.4. The van der Waals surface area contributed by atoms with E-state index in [0.29, 0.717) is 0 Å². The van der Waals surface area contributed by atoms with Crippen molar-refractivity contribution in [2.45, 2.75) is 65.5 Å². The van der Waals surface area contributed by atoms with Gasteiger partial charge in [-0.15, -0.1) is 68.3 Å². The fourth-order valence-corrected chi connectivity index (χ4v) is 15.4. The summed E-state index contributed by atoms with van der Waals surface area (Å²) in [6.07, 6.45) is 0. The number of hydrogen-bond donors (Lipinski definition) is 0. The van der Waals surface area contributed by atoms with Crippen molar-refractivity contribution in [1.29, 1.82) is 0 Å². The molecule has 0 radical (unpaired) electrons. The molecule has 0 unspecified atom stereocenters. The number of aryl methyl sites for hydroxylation is 2. The number of benzene rings is 4. The minimum absolute atomic E-state index is 0. The Balaban J connectivity index is 0.00000176. The van der Waals surface area contributed by atoms with Crippen LogP contribution in [0.4, 0.5) is 0 Å². The first-order chi connectivity index (χ1) is 19.4. The summed E-state index contributed by atoms with van der Waals surface area (Å²) >= 11 is 0. The minimum Gasteiger partial charge on any atom is -0.358 e. The maximum absolute atomic E-state index is 2.56. The molecule has 0 bridgehead atoms. The summed E-state index contributed by atoms with van der Waals surface area (Å²) in [6.45, 7) is 19.2. The van der Waals surface area contributed by atoms with Gasteiger partial charge in [0.2, 0.25) is 0 Å². The summed E-state index contributed by atoms with van der Waals surface area (Å²) in [4.78, 5) is 0. The topological polar surface area (TPSA) is 0 Å². The molecule has 0 atom stereocenters. The smallest absolute Gasteiger partial charge is 0.358 e. The van der Waals surface area contributed by atoms with E-state index < -0.39 is 8.07 Å². The SMILES string of the molecule is Cc1ccc(-c2cccc3[cH-]c([Si](c4cc5c(-c6ccc(C)cc6)cccc5[cH-]4)(C(C)(C)C)C(C)(C)C)cc23)cc1.[CH3-].[CH3-].[Hf+4]. The van der Waals surface area contributed by atoms with E-state index in [1.165, 1.54) is 54.9 Å². The molecular weight excluding hydrogens is 711 g/mol. The molecule has 0 N–H and O–H groups in total. The van der Waals surface area contributed by atoms with Crippen molar-refractivity contribution in [3.8, 4) is 22.3 Å². The van der Waals surface area contributed by atoms with Crippen LogP contribution in [0.1, 0.15) is 52.7 Å². The van der Waals surface area contributed by atoms with Gasteiger partial charge in [-0.2, -0.15) is 12.1 Å². The zero-order chi connectivity index (χ0) is 29.2. The number of fused-ring (bicyclic) bond motifs is 2. The second kappa shape index (κ2) is 12.9. The standard InChI is InChI=1S/C40H42Si.2CH3.Hf/c1-27-15-19-29(20-16-27)35-13-9-11-31-23-33(25-37(31)35)41(39(3,4)5,40(6,7)8)34-24-32-12-10-14-36(38(32)26-34)30-21-17-28(2)18-22-30;;;/h9-26H,1-8H3;2*1H3;/q-2;2*-1;+4. The molecule has 0 amide bonds. The van der Waals surface area contributed by atoms with Crippen LogP contribution < -0.4 is 10.4 Å². The van der Waals surface area contributed by atoms with Crippen LogP contribution in [0.5, 0.6) is 0 Å². The Hall–Kier alpha value is -2.81. The first-order valence-corrected chi connectivity index (χ1v) is 16.9. The molecule has 0 aromatic heterocycles. The summed E-state index contributed by atoms with van der Waals surface area (Å²) < 4.78 is 0. The molecule has 0 spiro atoms. The van der Waals surface area contributed by atoms with Gasteiger partial charge < -0.3 is 14.9 Å². The summed E-state index contributed by atoms with van der Waals surface area (Å²) in [5.41, 5.74) is 7.83. The summed E-state index contributed by atoms with van der Waals surface area (Å²) in [5.74, 6) is 0. The van der Waals surface area contributed by atoms with Crippen molar-refractivity contribution in [3.05, 3.63) is 135 Å².